The molecule has 0 saturated carbocycles. The number of aliphatic imine (C=N–C) groups is 1. The summed E-state index contributed by atoms with van der Waals surface area (Å²) in [5.41, 5.74) is 2.50. The van der Waals surface area contributed by atoms with Crippen LogP contribution in [0, 0.1) is 0 Å². The molecule has 31 heavy (non-hydrogen) atoms. The zero-order chi connectivity index (χ0) is 21.2. The standard InChI is InChI=1S/C22H21N5O4/c1-29-18-11-13(8-9-17(18)31-12-14-5-2-3-10-30-14)23-22(28)21-20-19-15(24-21)6-4-7-16(19)25-27-26-20/h4,6-9,11,14H,2-3,5,10,12H2,1H3,(H,23,28). The first-order valence-corrected chi connectivity index (χ1v) is 10.2. The molecule has 1 saturated heterocycles. The summed E-state index contributed by atoms with van der Waals surface area (Å²) in [6.07, 6.45) is 3.34. The van der Waals surface area contributed by atoms with Crippen molar-refractivity contribution in [2.24, 2.45) is 4.99 Å². The SMILES string of the molecule is COc1cc(NC(=O)C2=Nc3cccc4nnnc2c34)ccc1OCC1CCCCO1. The summed E-state index contributed by atoms with van der Waals surface area (Å²) in [5.74, 6) is 0.739. The highest BCUT2D eigenvalue weighted by molar-refractivity contribution is 6.52. The first-order valence-electron chi connectivity index (χ1n) is 10.2. The molecule has 0 radical (unpaired) electrons. The molecule has 0 bridgehead atoms. The number of nitrogens with one attached hydrogen (secondary N) is 1. The van der Waals surface area contributed by atoms with Crippen LogP contribution in [0.2, 0.25) is 0 Å². The molecule has 2 aromatic carbocycles. The summed E-state index contributed by atoms with van der Waals surface area (Å²) < 4.78 is 17.1. The molecule has 3 aromatic rings. The second-order valence-electron chi connectivity index (χ2n) is 7.39. The fourth-order valence-electron chi connectivity index (χ4n) is 3.79. The Kier molecular flexibility index (Phi) is 5.17. The molecule has 9 heteroatoms. The van der Waals surface area contributed by atoms with E-state index >= 15 is 0 Å². The molecular formula is C22H21N5O4. The van der Waals surface area contributed by atoms with Gasteiger partial charge in [0.2, 0.25) is 0 Å². The Labute approximate surface area is 178 Å². The highest BCUT2D eigenvalue weighted by Gasteiger charge is 2.27. The first kappa shape index (κ1) is 19.4. The summed E-state index contributed by atoms with van der Waals surface area (Å²) in [6, 6.07) is 10.7. The van der Waals surface area contributed by atoms with Gasteiger partial charge in [-0.3, -0.25) is 4.79 Å². The van der Waals surface area contributed by atoms with Crippen LogP contribution in [-0.4, -0.2) is 53.5 Å². The van der Waals surface area contributed by atoms with Crippen LogP contribution in [0.3, 0.4) is 0 Å². The Morgan fingerprint density at radius 3 is 2.97 bits per heavy atom. The minimum atomic E-state index is -0.385. The highest BCUT2D eigenvalue weighted by Crippen LogP contribution is 2.34. The molecule has 3 heterocycles. The molecule has 2 aliphatic rings. The van der Waals surface area contributed by atoms with E-state index in [1.165, 1.54) is 0 Å². The lowest BCUT2D eigenvalue weighted by Crippen LogP contribution is -2.26. The molecule has 2 aliphatic heterocycles. The maximum Gasteiger partial charge on any atom is 0.276 e. The average Bonchev–Trinajstić information content (AvgIpc) is 3.20. The van der Waals surface area contributed by atoms with E-state index < -0.39 is 0 Å². The number of hydrogen-bond donors (Lipinski definition) is 1. The van der Waals surface area contributed by atoms with E-state index in [0.717, 1.165) is 31.3 Å². The van der Waals surface area contributed by atoms with E-state index in [4.69, 9.17) is 14.2 Å². The van der Waals surface area contributed by atoms with Gasteiger partial charge in [-0.15, -0.1) is 10.2 Å². The van der Waals surface area contributed by atoms with Crippen LogP contribution < -0.4 is 14.8 Å². The van der Waals surface area contributed by atoms with Crippen molar-refractivity contribution < 1.29 is 19.0 Å². The van der Waals surface area contributed by atoms with Gasteiger partial charge in [0, 0.05) is 18.4 Å². The topological polar surface area (TPSA) is 108 Å². The van der Waals surface area contributed by atoms with Crippen molar-refractivity contribution in [3.63, 3.8) is 0 Å². The number of rotatable bonds is 6. The van der Waals surface area contributed by atoms with E-state index in [0.29, 0.717) is 40.7 Å². The second kappa shape index (κ2) is 8.27. The number of nitrogens with zero attached hydrogens (tertiary/aromatic N) is 4. The molecule has 1 unspecified atom stereocenters. The van der Waals surface area contributed by atoms with Gasteiger partial charge in [0.1, 0.15) is 12.3 Å². The maximum atomic E-state index is 12.9. The molecule has 0 aliphatic carbocycles. The van der Waals surface area contributed by atoms with Gasteiger partial charge < -0.3 is 19.5 Å². The normalized spacial score (nSPS) is 17.3. The summed E-state index contributed by atoms with van der Waals surface area (Å²) in [7, 11) is 1.56. The van der Waals surface area contributed by atoms with Crippen LogP contribution in [-0.2, 0) is 9.53 Å². The highest BCUT2D eigenvalue weighted by atomic mass is 16.5. The molecular weight excluding hydrogens is 398 g/mol. The van der Waals surface area contributed by atoms with Gasteiger partial charge in [0.15, 0.2) is 17.2 Å². The van der Waals surface area contributed by atoms with Crippen LogP contribution in [0.15, 0.2) is 41.4 Å². The van der Waals surface area contributed by atoms with Crippen LogP contribution in [0.1, 0.15) is 25.0 Å². The van der Waals surface area contributed by atoms with Crippen molar-refractivity contribution in [3.05, 3.63) is 42.1 Å². The van der Waals surface area contributed by atoms with Crippen molar-refractivity contribution in [1.29, 1.82) is 0 Å². The third-order valence-electron chi connectivity index (χ3n) is 5.35. The number of carbonyl (C=O) groups is 1. The molecule has 1 N–H and O–H groups in total. The molecule has 1 amide bonds. The molecule has 0 spiro atoms. The Balaban J connectivity index is 1.31. The predicted molar refractivity (Wildman–Crippen MR) is 114 cm³/mol. The van der Waals surface area contributed by atoms with E-state index in [2.05, 4.69) is 25.7 Å². The van der Waals surface area contributed by atoms with Crippen LogP contribution >= 0.6 is 0 Å². The monoisotopic (exact) mass is 419 g/mol. The lowest BCUT2D eigenvalue weighted by molar-refractivity contribution is -0.110. The van der Waals surface area contributed by atoms with Crippen molar-refractivity contribution in [2.75, 3.05) is 25.6 Å². The minimum Gasteiger partial charge on any atom is -0.493 e. The van der Waals surface area contributed by atoms with E-state index in [9.17, 15) is 4.79 Å². The summed E-state index contributed by atoms with van der Waals surface area (Å²) >= 11 is 0. The van der Waals surface area contributed by atoms with Crippen molar-refractivity contribution >= 4 is 33.9 Å². The molecule has 1 atom stereocenters. The first-order chi connectivity index (χ1) is 15.2. The number of ether oxygens (including phenoxy) is 3. The van der Waals surface area contributed by atoms with Gasteiger partial charge in [-0.25, -0.2) is 4.99 Å². The predicted octanol–water partition coefficient (Wildman–Crippen LogP) is 3.05. The van der Waals surface area contributed by atoms with Crippen molar-refractivity contribution in [2.45, 2.75) is 25.4 Å². The average molecular weight is 419 g/mol. The summed E-state index contributed by atoms with van der Waals surface area (Å²) in [6.45, 7) is 1.24. The van der Waals surface area contributed by atoms with Gasteiger partial charge in [-0.2, -0.15) is 0 Å². The van der Waals surface area contributed by atoms with Crippen LogP contribution in [0.5, 0.6) is 11.5 Å². The third-order valence-corrected chi connectivity index (χ3v) is 5.35. The van der Waals surface area contributed by atoms with E-state index in [1.54, 1.807) is 25.3 Å². The molecule has 1 fully saturated rings. The lowest BCUT2D eigenvalue weighted by atomic mass is 10.1. The number of anilines is 1. The van der Waals surface area contributed by atoms with Gasteiger partial charge in [-0.1, -0.05) is 6.07 Å². The summed E-state index contributed by atoms with van der Waals surface area (Å²) in [5, 5.41) is 15.4. The number of benzene rings is 2. The number of methoxy groups -OCH3 is 1. The number of aromatic nitrogens is 3. The third kappa shape index (κ3) is 3.79. The molecule has 1 aromatic heterocycles. The smallest absolute Gasteiger partial charge is 0.276 e. The van der Waals surface area contributed by atoms with Crippen LogP contribution in [0.25, 0.3) is 10.9 Å². The number of hydrogen-bond acceptors (Lipinski definition) is 8. The maximum absolute atomic E-state index is 12.9. The zero-order valence-electron chi connectivity index (χ0n) is 17.0. The van der Waals surface area contributed by atoms with E-state index in [-0.39, 0.29) is 17.7 Å². The quantitative estimate of drug-likeness (QED) is 0.654. The largest absolute Gasteiger partial charge is 0.493 e. The number of amides is 1. The fraction of sp³-hybridized carbons (Fsp3) is 0.318. The summed E-state index contributed by atoms with van der Waals surface area (Å²) in [4.78, 5) is 17.3. The van der Waals surface area contributed by atoms with Crippen molar-refractivity contribution in [1.82, 2.24) is 15.4 Å². The van der Waals surface area contributed by atoms with Gasteiger partial charge in [0.25, 0.3) is 5.91 Å². The van der Waals surface area contributed by atoms with Crippen LogP contribution in [0.4, 0.5) is 11.4 Å². The van der Waals surface area contributed by atoms with Gasteiger partial charge in [-0.05, 0) is 48.7 Å². The minimum absolute atomic E-state index is 0.0955. The lowest BCUT2D eigenvalue weighted by Gasteiger charge is -2.23. The Bertz CT molecular complexity index is 1170. The number of carbonyl (C=O) groups excluding carboxylic acids is 1. The Morgan fingerprint density at radius 2 is 2.13 bits per heavy atom. The van der Waals surface area contributed by atoms with Crippen molar-refractivity contribution in [3.8, 4) is 11.5 Å². The molecule has 158 valence electrons. The molecule has 5 rings (SSSR count). The second-order valence-corrected chi connectivity index (χ2v) is 7.39. The Hall–Kier alpha value is -3.59. The van der Waals surface area contributed by atoms with E-state index in [1.807, 2.05) is 18.2 Å². The van der Waals surface area contributed by atoms with Gasteiger partial charge >= 0.3 is 0 Å². The Morgan fingerprint density at radius 1 is 1.19 bits per heavy atom. The van der Waals surface area contributed by atoms with Gasteiger partial charge in [0.05, 0.1) is 29.8 Å². The molecule has 9 nitrogen and oxygen atoms in total. The fourth-order valence-corrected chi connectivity index (χ4v) is 3.79. The zero-order valence-corrected chi connectivity index (χ0v) is 17.0.